The lowest BCUT2D eigenvalue weighted by Gasteiger charge is -2.06. The van der Waals surface area contributed by atoms with Crippen LogP contribution in [0, 0.1) is 12.8 Å². The number of thioether (sulfide) groups is 1. The van der Waals surface area contributed by atoms with Crippen LogP contribution in [0.5, 0.6) is 0 Å². The highest BCUT2D eigenvalue weighted by Crippen LogP contribution is 2.32. The van der Waals surface area contributed by atoms with Crippen molar-refractivity contribution >= 4 is 23.4 Å². The zero-order valence-corrected chi connectivity index (χ0v) is 9.15. The SMILES string of the molecule is Cc1ccc2c(c1)SCC(C)C(=O)N2. The maximum atomic E-state index is 11.5. The molecule has 1 N–H and O–H groups in total. The van der Waals surface area contributed by atoms with Gasteiger partial charge < -0.3 is 5.32 Å². The summed E-state index contributed by atoms with van der Waals surface area (Å²) in [5.41, 5.74) is 2.19. The lowest BCUT2D eigenvalue weighted by atomic mass is 10.2. The Hall–Kier alpha value is -0.960. The minimum absolute atomic E-state index is 0.0905. The van der Waals surface area contributed by atoms with E-state index < -0.39 is 0 Å². The Morgan fingerprint density at radius 3 is 3.07 bits per heavy atom. The number of carbonyl (C=O) groups excluding carboxylic acids is 1. The second kappa shape index (κ2) is 3.65. The Kier molecular flexibility index (Phi) is 2.50. The standard InChI is InChI=1S/C11H13NOS/c1-7-3-4-9-10(5-7)14-6-8(2)11(13)12-9/h3-5,8H,6H2,1-2H3,(H,12,13). The number of benzene rings is 1. The van der Waals surface area contributed by atoms with Crippen LogP contribution < -0.4 is 5.32 Å². The van der Waals surface area contributed by atoms with Crippen LogP contribution in [0.15, 0.2) is 23.1 Å². The molecule has 0 fully saturated rings. The van der Waals surface area contributed by atoms with E-state index >= 15 is 0 Å². The van der Waals surface area contributed by atoms with Gasteiger partial charge in [0, 0.05) is 16.6 Å². The fourth-order valence-electron chi connectivity index (χ4n) is 1.40. The molecule has 0 bridgehead atoms. The lowest BCUT2D eigenvalue weighted by molar-refractivity contribution is -0.118. The molecule has 1 aromatic carbocycles. The van der Waals surface area contributed by atoms with E-state index in [4.69, 9.17) is 0 Å². The zero-order valence-electron chi connectivity index (χ0n) is 8.33. The van der Waals surface area contributed by atoms with Gasteiger partial charge in [-0.25, -0.2) is 0 Å². The molecule has 0 saturated heterocycles. The molecule has 1 aromatic rings. The first-order chi connectivity index (χ1) is 6.66. The van der Waals surface area contributed by atoms with Gasteiger partial charge >= 0.3 is 0 Å². The molecule has 14 heavy (non-hydrogen) atoms. The Morgan fingerprint density at radius 2 is 2.29 bits per heavy atom. The van der Waals surface area contributed by atoms with Crippen molar-refractivity contribution in [3.05, 3.63) is 23.8 Å². The maximum absolute atomic E-state index is 11.5. The fraction of sp³-hybridized carbons (Fsp3) is 0.364. The molecular formula is C11H13NOS. The summed E-state index contributed by atoms with van der Waals surface area (Å²) in [6.07, 6.45) is 0. The summed E-state index contributed by atoms with van der Waals surface area (Å²) >= 11 is 1.75. The average Bonchev–Trinajstić information content (AvgIpc) is 2.29. The van der Waals surface area contributed by atoms with Crippen molar-refractivity contribution in [3.8, 4) is 0 Å². The van der Waals surface area contributed by atoms with Gasteiger partial charge in [-0.15, -0.1) is 11.8 Å². The van der Waals surface area contributed by atoms with Crippen LogP contribution in [0.4, 0.5) is 5.69 Å². The van der Waals surface area contributed by atoms with Gasteiger partial charge in [-0.2, -0.15) is 0 Å². The van der Waals surface area contributed by atoms with Crippen molar-refractivity contribution in [1.82, 2.24) is 0 Å². The summed E-state index contributed by atoms with van der Waals surface area (Å²) < 4.78 is 0. The molecule has 0 aromatic heterocycles. The number of hydrogen-bond acceptors (Lipinski definition) is 2. The third-order valence-corrected chi connectivity index (χ3v) is 3.65. The Balaban J connectivity index is 2.37. The third-order valence-electron chi connectivity index (χ3n) is 2.33. The number of aryl methyl sites for hydroxylation is 1. The maximum Gasteiger partial charge on any atom is 0.228 e. The summed E-state index contributed by atoms with van der Waals surface area (Å²) in [4.78, 5) is 12.7. The number of anilines is 1. The van der Waals surface area contributed by atoms with E-state index in [1.54, 1.807) is 11.8 Å². The number of amides is 1. The van der Waals surface area contributed by atoms with Crippen LogP contribution in [-0.4, -0.2) is 11.7 Å². The van der Waals surface area contributed by atoms with Crippen LogP contribution in [0.1, 0.15) is 12.5 Å². The molecular weight excluding hydrogens is 194 g/mol. The second-order valence-corrected chi connectivity index (χ2v) is 4.76. The average molecular weight is 207 g/mol. The highest BCUT2D eigenvalue weighted by Gasteiger charge is 2.19. The minimum Gasteiger partial charge on any atom is -0.325 e. The topological polar surface area (TPSA) is 29.1 Å². The lowest BCUT2D eigenvalue weighted by Crippen LogP contribution is -2.20. The molecule has 1 aliphatic heterocycles. The van der Waals surface area contributed by atoms with Crippen molar-refractivity contribution in [2.24, 2.45) is 5.92 Å². The molecule has 0 aliphatic carbocycles. The summed E-state index contributed by atoms with van der Waals surface area (Å²) in [5.74, 6) is 1.08. The van der Waals surface area contributed by atoms with Crippen LogP contribution in [0.25, 0.3) is 0 Å². The van der Waals surface area contributed by atoms with Crippen LogP contribution >= 0.6 is 11.8 Å². The van der Waals surface area contributed by atoms with Gasteiger partial charge in [0.2, 0.25) is 5.91 Å². The fourth-order valence-corrected chi connectivity index (χ4v) is 2.52. The van der Waals surface area contributed by atoms with Crippen LogP contribution in [0.3, 0.4) is 0 Å². The molecule has 0 spiro atoms. The Bertz CT molecular complexity index is 376. The van der Waals surface area contributed by atoms with Gasteiger partial charge in [-0.3, -0.25) is 4.79 Å². The van der Waals surface area contributed by atoms with E-state index in [0.717, 1.165) is 11.4 Å². The van der Waals surface area contributed by atoms with Gasteiger partial charge in [0.25, 0.3) is 0 Å². The number of nitrogens with one attached hydrogen (secondary N) is 1. The van der Waals surface area contributed by atoms with Crippen molar-refractivity contribution in [3.63, 3.8) is 0 Å². The van der Waals surface area contributed by atoms with Gasteiger partial charge in [0.15, 0.2) is 0 Å². The molecule has 1 unspecified atom stereocenters. The van der Waals surface area contributed by atoms with Crippen molar-refractivity contribution in [2.45, 2.75) is 18.7 Å². The van der Waals surface area contributed by atoms with E-state index in [0.29, 0.717) is 0 Å². The monoisotopic (exact) mass is 207 g/mol. The predicted octanol–water partition coefficient (Wildman–Crippen LogP) is 2.68. The van der Waals surface area contributed by atoms with Crippen molar-refractivity contribution in [2.75, 3.05) is 11.1 Å². The highest BCUT2D eigenvalue weighted by atomic mass is 32.2. The summed E-state index contributed by atoms with van der Waals surface area (Å²) in [6, 6.07) is 6.13. The second-order valence-electron chi connectivity index (χ2n) is 3.70. The normalized spacial score (nSPS) is 21.0. The molecule has 74 valence electrons. The van der Waals surface area contributed by atoms with E-state index in [1.165, 1.54) is 10.5 Å². The van der Waals surface area contributed by atoms with E-state index in [2.05, 4.69) is 18.3 Å². The highest BCUT2D eigenvalue weighted by molar-refractivity contribution is 7.99. The number of hydrogen-bond donors (Lipinski definition) is 1. The first-order valence-electron chi connectivity index (χ1n) is 4.71. The number of carbonyl (C=O) groups is 1. The Labute approximate surface area is 88.1 Å². The van der Waals surface area contributed by atoms with E-state index in [9.17, 15) is 4.79 Å². The quantitative estimate of drug-likeness (QED) is 0.708. The summed E-state index contributed by atoms with van der Waals surface area (Å²) in [5, 5.41) is 2.94. The first kappa shape index (κ1) is 9.59. The molecule has 1 amide bonds. The van der Waals surface area contributed by atoms with Crippen molar-refractivity contribution in [1.29, 1.82) is 0 Å². The number of rotatable bonds is 0. The largest absolute Gasteiger partial charge is 0.325 e. The smallest absolute Gasteiger partial charge is 0.228 e. The molecule has 1 atom stereocenters. The summed E-state index contributed by atoms with van der Waals surface area (Å²) in [6.45, 7) is 4.03. The van der Waals surface area contributed by atoms with Gasteiger partial charge in [-0.05, 0) is 24.6 Å². The van der Waals surface area contributed by atoms with Crippen LogP contribution in [-0.2, 0) is 4.79 Å². The molecule has 2 nitrogen and oxygen atoms in total. The Morgan fingerprint density at radius 1 is 1.50 bits per heavy atom. The number of fused-ring (bicyclic) bond motifs is 1. The van der Waals surface area contributed by atoms with Crippen LogP contribution in [0.2, 0.25) is 0 Å². The van der Waals surface area contributed by atoms with Crippen molar-refractivity contribution < 1.29 is 4.79 Å². The molecule has 1 heterocycles. The van der Waals surface area contributed by atoms with Gasteiger partial charge in [0.05, 0.1) is 5.69 Å². The predicted molar refractivity (Wildman–Crippen MR) is 59.7 cm³/mol. The first-order valence-corrected chi connectivity index (χ1v) is 5.69. The van der Waals surface area contributed by atoms with Gasteiger partial charge in [0.1, 0.15) is 0 Å². The molecule has 1 aliphatic rings. The molecule has 3 heteroatoms. The molecule has 0 saturated carbocycles. The van der Waals surface area contributed by atoms with E-state index in [1.807, 2.05) is 19.1 Å². The zero-order chi connectivity index (χ0) is 10.1. The molecule has 0 radical (unpaired) electrons. The summed E-state index contributed by atoms with van der Waals surface area (Å²) in [7, 11) is 0. The molecule has 2 rings (SSSR count). The van der Waals surface area contributed by atoms with E-state index in [-0.39, 0.29) is 11.8 Å². The third kappa shape index (κ3) is 1.77. The minimum atomic E-state index is 0.0905. The van der Waals surface area contributed by atoms with Gasteiger partial charge in [-0.1, -0.05) is 13.0 Å².